The van der Waals surface area contributed by atoms with E-state index in [9.17, 15) is 9.59 Å². The second kappa shape index (κ2) is 7.66. The van der Waals surface area contributed by atoms with Gasteiger partial charge >= 0.3 is 0 Å². The third-order valence-corrected chi connectivity index (χ3v) is 5.69. The first kappa shape index (κ1) is 18.7. The molecule has 0 radical (unpaired) electrons. The number of amides is 1. The highest BCUT2D eigenvalue weighted by Gasteiger charge is 2.42. The Hall–Kier alpha value is -2.08. The number of rotatable bonds is 5. The number of nitrogens with zero attached hydrogens (tertiary/aromatic N) is 2. The van der Waals surface area contributed by atoms with Crippen molar-refractivity contribution in [2.45, 2.75) is 32.7 Å². The fraction of sp³-hybridized carbons (Fsp3) is 0.600. The summed E-state index contributed by atoms with van der Waals surface area (Å²) in [6.45, 7) is 6.54. The van der Waals surface area contributed by atoms with Gasteiger partial charge in [0, 0.05) is 38.6 Å². The molecule has 0 aliphatic carbocycles. The Bertz CT molecular complexity index is 699. The van der Waals surface area contributed by atoms with Gasteiger partial charge in [0.05, 0.1) is 14.2 Å². The van der Waals surface area contributed by atoms with Crippen molar-refractivity contribution in [3.05, 3.63) is 23.3 Å². The van der Waals surface area contributed by atoms with E-state index in [-0.39, 0.29) is 17.7 Å². The maximum Gasteiger partial charge on any atom is 0.234 e. The van der Waals surface area contributed by atoms with Crippen molar-refractivity contribution in [3.8, 4) is 11.5 Å². The van der Waals surface area contributed by atoms with Crippen LogP contribution in [0.4, 0.5) is 0 Å². The van der Waals surface area contributed by atoms with Gasteiger partial charge in [-0.25, -0.2) is 0 Å². The molecular weight excluding hydrogens is 332 g/mol. The first-order chi connectivity index (χ1) is 12.5. The van der Waals surface area contributed by atoms with Crippen LogP contribution in [0.15, 0.2) is 12.1 Å². The number of piperidine rings is 1. The highest BCUT2D eigenvalue weighted by atomic mass is 16.5. The van der Waals surface area contributed by atoms with Crippen molar-refractivity contribution in [1.29, 1.82) is 0 Å². The molecular formula is C20H28N2O4. The van der Waals surface area contributed by atoms with Gasteiger partial charge in [0.2, 0.25) is 5.91 Å². The predicted octanol–water partition coefficient (Wildman–Crippen LogP) is 2.06. The van der Waals surface area contributed by atoms with Gasteiger partial charge in [-0.15, -0.1) is 0 Å². The number of carbonyl (C=O) groups is 2. The molecule has 142 valence electrons. The molecule has 1 aromatic carbocycles. The van der Waals surface area contributed by atoms with E-state index in [1.165, 1.54) is 5.56 Å². The summed E-state index contributed by atoms with van der Waals surface area (Å²) in [4.78, 5) is 29.5. The predicted molar refractivity (Wildman–Crippen MR) is 98.6 cm³/mol. The zero-order valence-electron chi connectivity index (χ0n) is 16.1. The second-order valence-electron chi connectivity index (χ2n) is 6.90. The molecule has 26 heavy (non-hydrogen) atoms. The summed E-state index contributed by atoms with van der Waals surface area (Å²) >= 11 is 0. The van der Waals surface area contributed by atoms with Crippen LogP contribution in [0.2, 0.25) is 0 Å². The van der Waals surface area contributed by atoms with Crippen LogP contribution >= 0.6 is 0 Å². The van der Waals surface area contributed by atoms with Crippen LogP contribution in [0.25, 0.3) is 0 Å². The lowest BCUT2D eigenvalue weighted by Crippen LogP contribution is -2.51. The summed E-state index contributed by atoms with van der Waals surface area (Å²) in [5.41, 5.74) is 2.32. The number of methoxy groups -OCH3 is 2. The number of benzene rings is 1. The Morgan fingerprint density at radius 3 is 2.46 bits per heavy atom. The second-order valence-corrected chi connectivity index (χ2v) is 6.90. The lowest BCUT2D eigenvalue weighted by Gasteiger charge is -2.43. The van der Waals surface area contributed by atoms with Crippen LogP contribution in [0, 0.1) is 5.92 Å². The Morgan fingerprint density at radius 2 is 1.85 bits per heavy atom. The fourth-order valence-corrected chi connectivity index (χ4v) is 4.18. The van der Waals surface area contributed by atoms with Gasteiger partial charge in [0.15, 0.2) is 11.5 Å². The van der Waals surface area contributed by atoms with E-state index in [4.69, 9.17) is 9.47 Å². The number of ketones is 1. The van der Waals surface area contributed by atoms with Crippen molar-refractivity contribution in [2.24, 2.45) is 5.92 Å². The van der Waals surface area contributed by atoms with Crippen molar-refractivity contribution < 1.29 is 19.1 Å². The largest absolute Gasteiger partial charge is 0.493 e. The minimum atomic E-state index is -0.534. The highest BCUT2D eigenvalue weighted by molar-refractivity contribution is 6.02. The molecule has 1 aromatic rings. The topological polar surface area (TPSA) is 59.1 Å². The monoisotopic (exact) mass is 360 g/mol. The molecule has 0 unspecified atom stereocenters. The maximum absolute atomic E-state index is 12.8. The summed E-state index contributed by atoms with van der Waals surface area (Å²) in [6, 6.07) is 4.03. The summed E-state index contributed by atoms with van der Waals surface area (Å²) < 4.78 is 10.8. The summed E-state index contributed by atoms with van der Waals surface area (Å²) in [6.07, 6.45) is 1.26. The van der Waals surface area contributed by atoms with Gasteiger partial charge in [0.1, 0.15) is 11.7 Å². The van der Waals surface area contributed by atoms with E-state index in [1.54, 1.807) is 19.1 Å². The molecule has 6 heteroatoms. The zero-order valence-corrected chi connectivity index (χ0v) is 16.1. The van der Waals surface area contributed by atoms with Crippen molar-refractivity contribution >= 4 is 11.7 Å². The molecule has 0 N–H and O–H groups in total. The van der Waals surface area contributed by atoms with Crippen LogP contribution < -0.4 is 9.47 Å². The first-order valence-electron chi connectivity index (χ1n) is 9.34. The quantitative estimate of drug-likeness (QED) is 0.753. The minimum Gasteiger partial charge on any atom is -0.493 e. The SMILES string of the molecule is CCN(CC)C(=O)[C@@H]1CN2CCc3cc(OC)c(OC)cc3[C@H]2CC1=O. The van der Waals surface area contributed by atoms with Crippen LogP contribution in [0.5, 0.6) is 11.5 Å². The maximum atomic E-state index is 12.8. The Labute approximate surface area is 155 Å². The Balaban J connectivity index is 1.87. The van der Waals surface area contributed by atoms with E-state index in [0.29, 0.717) is 31.8 Å². The molecule has 2 aliphatic rings. The fourth-order valence-electron chi connectivity index (χ4n) is 4.18. The molecule has 1 saturated heterocycles. The number of hydrogen-bond donors (Lipinski definition) is 0. The van der Waals surface area contributed by atoms with E-state index < -0.39 is 5.92 Å². The number of fused-ring (bicyclic) bond motifs is 3. The molecule has 2 heterocycles. The molecule has 0 aromatic heterocycles. The first-order valence-corrected chi connectivity index (χ1v) is 9.34. The average Bonchev–Trinajstić information content (AvgIpc) is 2.67. The zero-order chi connectivity index (χ0) is 18.8. The van der Waals surface area contributed by atoms with Gasteiger partial charge in [-0.1, -0.05) is 0 Å². The van der Waals surface area contributed by atoms with Crippen LogP contribution in [-0.2, 0) is 16.0 Å². The lowest BCUT2D eigenvalue weighted by molar-refractivity contribution is -0.145. The van der Waals surface area contributed by atoms with E-state index in [0.717, 1.165) is 24.3 Å². The lowest BCUT2D eigenvalue weighted by atomic mass is 9.82. The average molecular weight is 360 g/mol. The van der Waals surface area contributed by atoms with E-state index in [2.05, 4.69) is 4.90 Å². The van der Waals surface area contributed by atoms with Gasteiger partial charge in [-0.3, -0.25) is 14.5 Å². The number of Topliss-reactive ketones (excluding diaryl/α,β-unsaturated/α-hetero) is 1. The van der Waals surface area contributed by atoms with Crippen LogP contribution in [-0.4, -0.2) is 61.9 Å². The normalized spacial score (nSPS) is 22.4. The number of hydrogen-bond acceptors (Lipinski definition) is 5. The molecule has 1 amide bonds. The molecule has 6 nitrogen and oxygen atoms in total. The summed E-state index contributed by atoms with van der Waals surface area (Å²) in [5, 5.41) is 0. The molecule has 0 saturated carbocycles. The Kier molecular flexibility index (Phi) is 5.51. The molecule has 3 rings (SSSR count). The van der Waals surface area contributed by atoms with Crippen LogP contribution in [0.3, 0.4) is 0 Å². The molecule has 0 spiro atoms. The third kappa shape index (κ3) is 3.18. The van der Waals surface area contributed by atoms with Crippen molar-refractivity contribution in [1.82, 2.24) is 9.80 Å². The Morgan fingerprint density at radius 1 is 1.19 bits per heavy atom. The smallest absolute Gasteiger partial charge is 0.234 e. The van der Waals surface area contributed by atoms with Gasteiger partial charge < -0.3 is 14.4 Å². The number of ether oxygens (including phenoxy) is 2. The van der Waals surface area contributed by atoms with Crippen molar-refractivity contribution in [3.63, 3.8) is 0 Å². The van der Waals surface area contributed by atoms with Crippen LogP contribution in [0.1, 0.15) is 37.4 Å². The molecule has 1 fully saturated rings. The van der Waals surface area contributed by atoms with Gasteiger partial charge in [-0.05, 0) is 43.5 Å². The molecule has 2 aliphatic heterocycles. The molecule has 0 bridgehead atoms. The summed E-state index contributed by atoms with van der Waals surface area (Å²) in [5.74, 6) is 0.883. The summed E-state index contributed by atoms with van der Waals surface area (Å²) in [7, 11) is 3.25. The van der Waals surface area contributed by atoms with E-state index >= 15 is 0 Å². The van der Waals surface area contributed by atoms with E-state index in [1.807, 2.05) is 26.0 Å². The van der Waals surface area contributed by atoms with Crippen molar-refractivity contribution in [2.75, 3.05) is 40.4 Å². The highest BCUT2D eigenvalue weighted by Crippen LogP contribution is 2.42. The van der Waals surface area contributed by atoms with Gasteiger partial charge in [-0.2, -0.15) is 0 Å². The standard InChI is InChI=1S/C20H28N2O4/c1-5-21(6-2)20(24)15-12-22-8-7-13-9-18(25-3)19(26-4)10-14(13)16(22)11-17(15)23/h9-10,15-16H,5-8,11-12H2,1-4H3/t15-,16-/m1/s1. The minimum absolute atomic E-state index is 0.0202. The molecule has 2 atom stereocenters. The third-order valence-electron chi connectivity index (χ3n) is 5.69. The number of carbonyl (C=O) groups excluding carboxylic acids is 2. The van der Waals surface area contributed by atoms with Gasteiger partial charge in [0.25, 0.3) is 0 Å².